The van der Waals surface area contributed by atoms with Gasteiger partial charge in [0.1, 0.15) is 11.8 Å². The van der Waals surface area contributed by atoms with Crippen LogP contribution in [-0.4, -0.2) is 35.4 Å². The molecule has 0 heterocycles. The second-order valence-corrected chi connectivity index (χ2v) is 8.62. The van der Waals surface area contributed by atoms with Gasteiger partial charge < -0.3 is 15.0 Å². The van der Waals surface area contributed by atoms with Crippen molar-refractivity contribution in [2.45, 2.75) is 59.7 Å². The van der Waals surface area contributed by atoms with Gasteiger partial charge in [-0.2, -0.15) is 0 Å². The number of nitrogens with one attached hydrogen (secondary N) is 1. The molecule has 0 aliphatic carbocycles. The van der Waals surface area contributed by atoms with E-state index >= 15 is 0 Å². The minimum Gasteiger partial charge on any atom is -0.483 e. The highest BCUT2D eigenvalue weighted by atomic mass is 79.9. The number of hydrogen-bond acceptors (Lipinski definition) is 3. The van der Waals surface area contributed by atoms with Crippen molar-refractivity contribution in [2.24, 2.45) is 0 Å². The first kappa shape index (κ1) is 23.9. The Kier molecular flexibility index (Phi) is 8.90. The average Bonchev–Trinajstić information content (AvgIpc) is 2.71. The molecule has 2 atom stereocenters. The van der Waals surface area contributed by atoms with Crippen molar-refractivity contribution in [3.8, 4) is 5.75 Å². The molecule has 2 aromatic carbocycles. The van der Waals surface area contributed by atoms with Crippen LogP contribution in [0.5, 0.6) is 5.75 Å². The van der Waals surface area contributed by atoms with Gasteiger partial charge in [-0.25, -0.2) is 0 Å². The predicted molar refractivity (Wildman–Crippen MR) is 123 cm³/mol. The Balaban J connectivity index is 2.16. The van der Waals surface area contributed by atoms with Gasteiger partial charge in [-0.15, -0.1) is 0 Å². The molecule has 0 saturated heterocycles. The molecule has 6 heteroatoms. The summed E-state index contributed by atoms with van der Waals surface area (Å²) in [5, 5.41) is 2.97. The van der Waals surface area contributed by atoms with Crippen LogP contribution in [0.4, 0.5) is 0 Å². The lowest BCUT2D eigenvalue weighted by Gasteiger charge is -2.29. The van der Waals surface area contributed by atoms with Crippen LogP contribution in [0.15, 0.2) is 46.9 Å². The Morgan fingerprint density at radius 1 is 1.10 bits per heavy atom. The molecular formula is C24H31BrN2O3. The van der Waals surface area contributed by atoms with E-state index in [0.717, 1.165) is 27.6 Å². The number of carbonyl (C=O) groups excluding carboxylic acids is 2. The Hall–Kier alpha value is -2.34. The second kappa shape index (κ2) is 11.2. The van der Waals surface area contributed by atoms with E-state index in [2.05, 4.69) is 21.2 Å². The normalized spacial score (nSPS) is 12.7. The average molecular weight is 475 g/mol. The summed E-state index contributed by atoms with van der Waals surface area (Å²) in [7, 11) is 0. The number of halogens is 1. The lowest BCUT2D eigenvalue weighted by molar-refractivity contribution is -0.142. The van der Waals surface area contributed by atoms with Crippen LogP contribution in [-0.2, 0) is 16.1 Å². The summed E-state index contributed by atoms with van der Waals surface area (Å²) >= 11 is 3.43. The third-order valence-electron chi connectivity index (χ3n) is 5.12. The van der Waals surface area contributed by atoms with E-state index in [-0.39, 0.29) is 24.5 Å². The fourth-order valence-electron chi connectivity index (χ4n) is 3.02. The Labute approximate surface area is 187 Å². The summed E-state index contributed by atoms with van der Waals surface area (Å²) < 4.78 is 6.76. The van der Waals surface area contributed by atoms with Gasteiger partial charge in [-0.05, 0) is 63.4 Å². The number of carbonyl (C=O) groups is 2. The minimum atomic E-state index is -0.613. The van der Waals surface area contributed by atoms with Crippen molar-refractivity contribution >= 4 is 27.7 Å². The molecule has 162 valence electrons. The van der Waals surface area contributed by atoms with Crippen molar-refractivity contribution in [1.29, 1.82) is 0 Å². The summed E-state index contributed by atoms with van der Waals surface area (Å²) in [5.74, 6) is 0.278. The largest absolute Gasteiger partial charge is 0.483 e. The molecule has 0 bridgehead atoms. The van der Waals surface area contributed by atoms with E-state index in [0.29, 0.717) is 12.3 Å². The summed E-state index contributed by atoms with van der Waals surface area (Å²) in [6, 6.07) is 13.0. The third kappa shape index (κ3) is 6.87. The highest BCUT2D eigenvalue weighted by Crippen LogP contribution is 2.19. The van der Waals surface area contributed by atoms with Crippen LogP contribution in [0.3, 0.4) is 0 Å². The van der Waals surface area contributed by atoms with Gasteiger partial charge in [0, 0.05) is 17.1 Å². The van der Waals surface area contributed by atoms with Crippen molar-refractivity contribution < 1.29 is 14.3 Å². The topological polar surface area (TPSA) is 58.6 Å². The van der Waals surface area contributed by atoms with Crippen molar-refractivity contribution in [3.63, 3.8) is 0 Å². The fourth-order valence-corrected chi connectivity index (χ4v) is 3.28. The highest BCUT2D eigenvalue weighted by Gasteiger charge is 2.27. The lowest BCUT2D eigenvalue weighted by Crippen LogP contribution is -2.50. The lowest BCUT2D eigenvalue weighted by atomic mass is 10.1. The van der Waals surface area contributed by atoms with Crippen molar-refractivity contribution in [3.05, 3.63) is 63.6 Å². The molecule has 0 aromatic heterocycles. The van der Waals surface area contributed by atoms with E-state index in [1.807, 2.05) is 70.2 Å². The molecular weight excluding hydrogens is 444 g/mol. The number of rotatable bonds is 9. The SMILES string of the molecule is CC[C@H](C)NC(=O)[C@@H](C)N(Cc1ccc(Br)cc1)C(=O)COc1ccc(C)cc1C. The molecule has 5 nitrogen and oxygen atoms in total. The number of aryl methyl sites for hydroxylation is 2. The number of ether oxygens (including phenoxy) is 1. The molecule has 30 heavy (non-hydrogen) atoms. The van der Waals surface area contributed by atoms with Crippen LogP contribution in [0.25, 0.3) is 0 Å². The summed E-state index contributed by atoms with van der Waals surface area (Å²) in [6.45, 7) is 9.89. The molecule has 0 fully saturated rings. The van der Waals surface area contributed by atoms with E-state index in [9.17, 15) is 9.59 Å². The highest BCUT2D eigenvalue weighted by molar-refractivity contribution is 9.10. The summed E-state index contributed by atoms with van der Waals surface area (Å²) in [5.41, 5.74) is 3.06. The molecule has 0 spiro atoms. The predicted octanol–water partition coefficient (Wildman–Crippen LogP) is 4.78. The van der Waals surface area contributed by atoms with E-state index in [1.165, 1.54) is 0 Å². The standard InChI is InChI=1S/C24H31BrN2O3/c1-6-18(4)26-24(29)19(5)27(14-20-8-10-21(25)11-9-20)23(28)15-30-22-12-7-16(2)13-17(22)3/h7-13,18-19H,6,14-15H2,1-5H3,(H,26,29)/t18-,19+/m0/s1. The maximum Gasteiger partial charge on any atom is 0.261 e. The summed E-state index contributed by atoms with van der Waals surface area (Å²) in [6.07, 6.45) is 0.828. The second-order valence-electron chi connectivity index (χ2n) is 7.70. The van der Waals surface area contributed by atoms with Crippen LogP contribution >= 0.6 is 15.9 Å². The molecule has 2 amide bonds. The van der Waals surface area contributed by atoms with Gasteiger partial charge in [0.15, 0.2) is 6.61 Å². The smallest absolute Gasteiger partial charge is 0.261 e. The number of nitrogens with zero attached hydrogens (tertiary/aromatic N) is 1. The zero-order chi connectivity index (χ0) is 22.3. The maximum absolute atomic E-state index is 13.1. The zero-order valence-corrected chi connectivity index (χ0v) is 20.0. The van der Waals surface area contributed by atoms with Crippen LogP contribution in [0.1, 0.15) is 43.9 Å². The molecule has 0 aliphatic heterocycles. The first-order valence-corrected chi connectivity index (χ1v) is 11.0. The third-order valence-corrected chi connectivity index (χ3v) is 5.64. The van der Waals surface area contributed by atoms with Crippen LogP contribution in [0, 0.1) is 13.8 Å². The molecule has 2 rings (SSSR count). The zero-order valence-electron chi connectivity index (χ0n) is 18.4. The monoisotopic (exact) mass is 474 g/mol. The molecule has 2 aromatic rings. The van der Waals surface area contributed by atoms with Crippen LogP contribution in [0.2, 0.25) is 0 Å². The number of benzene rings is 2. The van der Waals surface area contributed by atoms with Gasteiger partial charge in [-0.1, -0.05) is 52.7 Å². The maximum atomic E-state index is 13.1. The molecule has 0 aliphatic rings. The van der Waals surface area contributed by atoms with Crippen molar-refractivity contribution in [2.75, 3.05) is 6.61 Å². The van der Waals surface area contributed by atoms with Gasteiger partial charge in [0.25, 0.3) is 5.91 Å². The van der Waals surface area contributed by atoms with E-state index in [1.54, 1.807) is 11.8 Å². The van der Waals surface area contributed by atoms with Crippen molar-refractivity contribution in [1.82, 2.24) is 10.2 Å². The van der Waals surface area contributed by atoms with Gasteiger partial charge in [0.05, 0.1) is 0 Å². The Bertz CT molecular complexity index is 867. The quantitative estimate of drug-likeness (QED) is 0.568. The van der Waals surface area contributed by atoms with Crippen LogP contribution < -0.4 is 10.1 Å². The number of amides is 2. The fraction of sp³-hybridized carbons (Fsp3) is 0.417. The minimum absolute atomic E-state index is 0.0519. The van der Waals surface area contributed by atoms with E-state index in [4.69, 9.17) is 4.74 Å². The van der Waals surface area contributed by atoms with Gasteiger partial charge in [-0.3, -0.25) is 9.59 Å². The summed E-state index contributed by atoms with van der Waals surface area (Å²) in [4.78, 5) is 27.4. The van der Waals surface area contributed by atoms with Gasteiger partial charge in [0.2, 0.25) is 5.91 Å². The molecule has 1 N–H and O–H groups in total. The Morgan fingerprint density at radius 3 is 2.37 bits per heavy atom. The van der Waals surface area contributed by atoms with Gasteiger partial charge >= 0.3 is 0 Å². The first-order valence-electron chi connectivity index (χ1n) is 10.3. The first-order chi connectivity index (χ1) is 14.2. The molecule has 0 unspecified atom stereocenters. The molecule has 0 radical (unpaired) electrons. The Morgan fingerprint density at radius 2 is 1.77 bits per heavy atom. The van der Waals surface area contributed by atoms with E-state index < -0.39 is 6.04 Å². The molecule has 0 saturated carbocycles. The number of hydrogen-bond donors (Lipinski definition) is 1.